The van der Waals surface area contributed by atoms with Crippen LogP contribution < -0.4 is 0 Å². The van der Waals surface area contributed by atoms with Crippen LogP contribution in [0, 0.1) is 0 Å². The van der Waals surface area contributed by atoms with Crippen molar-refractivity contribution in [2.24, 2.45) is 0 Å². The third kappa shape index (κ3) is 3.75. The topological polar surface area (TPSA) is 25.8 Å². The van der Waals surface area contributed by atoms with Gasteiger partial charge in [0, 0.05) is 24.1 Å². The summed E-state index contributed by atoms with van der Waals surface area (Å²) in [6.07, 6.45) is 5.21. The van der Waals surface area contributed by atoms with E-state index in [0.29, 0.717) is 5.92 Å². The molecule has 4 heteroatoms. The molecule has 0 amide bonds. The lowest BCUT2D eigenvalue weighted by molar-refractivity contribution is 0.894. The molecule has 88 valence electrons. The van der Waals surface area contributed by atoms with Gasteiger partial charge in [0.2, 0.25) is 0 Å². The van der Waals surface area contributed by atoms with Crippen molar-refractivity contribution in [3.63, 3.8) is 0 Å². The Morgan fingerprint density at radius 3 is 2.65 bits per heavy atom. The zero-order chi connectivity index (χ0) is 11.9. The van der Waals surface area contributed by atoms with Gasteiger partial charge in [0.25, 0.3) is 0 Å². The first kappa shape index (κ1) is 12.5. The Hall–Kier alpha value is -1.00. The molecule has 2 nitrogen and oxygen atoms in total. The molecular formula is C13H14N2S2. The summed E-state index contributed by atoms with van der Waals surface area (Å²) in [5, 5.41) is 0.968. The van der Waals surface area contributed by atoms with E-state index in [2.05, 4.69) is 46.9 Å². The Bertz CT molecular complexity index is 434. The van der Waals surface area contributed by atoms with Gasteiger partial charge in [0.05, 0.1) is 6.20 Å². The maximum Gasteiger partial charge on any atom is 0.114 e. The maximum absolute atomic E-state index is 4.42. The summed E-state index contributed by atoms with van der Waals surface area (Å²) < 4.78 is 0. The van der Waals surface area contributed by atoms with E-state index in [4.69, 9.17) is 0 Å². The third-order valence-corrected chi connectivity index (χ3v) is 3.98. The van der Waals surface area contributed by atoms with E-state index >= 15 is 0 Å². The Kier molecular flexibility index (Phi) is 4.88. The van der Waals surface area contributed by atoms with Crippen LogP contribution in [-0.4, -0.2) is 21.5 Å². The second-order valence-corrected chi connectivity index (χ2v) is 5.05. The van der Waals surface area contributed by atoms with Gasteiger partial charge in [-0.2, -0.15) is 12.6 Å². The van der Waals surface area contributed by atoms with E-state index in [-0.39, 0.29) is 0 Å². The number of benzene rings is 1. The molecule has 1 unspecified atom stereocenters. The summed E-state index contributed by atoms with van der Waals surface area (Å²) in [7, 11) is 0. The third-order valence-electron chi connectivity index (χ3n) is 2.46. The molecule has 2 rings (SSSR count). The van der Waals surface area contributed by atoms with Crippen LogP contribution in [0.4, 0.5) is 0 Å². The summed E-state index contributed by atoms with van der Waals surface area (Å²) >= 11 is 6.15. The second-order valence-electron chi connectivity index (χ2n) is 3.64. The molecular weight excluding hydrogens is 248 g/mol. The van der Waals surface area contributed by atoms with E-state index in [0.717, 1.165) is 16.5 Å². The Morgan fingerprint density at radius 2 is 2.00 bits per heavy atom. The molecule has 1 aromatic carbocycles. The van der Waals surface area contributed by atoms with E-state index in [9.17, 15) is 0 Å². The van der Waals surface area contributed by atoms with Crippen LogP contribution in [0.1, 0.15) is 11.5 Å². The summed E-state index contributed by atoms with van der Waals surface area (Å²) in [4.78, 5) is 8.31. The minimum absolute atomic E-state index is 0.450. The quantitative estimate of drug-likeness (QED) is 0.661. The lowest BCUT2D eigenvalue weighted by atomic mass is 10.0. The van der Waals surface area contributed by atoms with Gasteiger partial charge in [-0.25, -0.2) is 4.98 Å². The molecule has 0 bridgehead atoms. The highest BCUT2D eigenvalue weighted by Crippen LogP contribution is 2.25. The fraction of sp³-hybridized carbons (Fsp3) is 0.231. The molecule has 1 aromatic heterocycles. The van der Waals surface area contributed by atoms with Gasteiger partial charge >= 0.3 is 0 Å². The molecule has 2 aromatic rings. The Morgan fingerprint density at radius 1 is 1.18 bits per heavy atom. The SMILES string of the molecule is SCC(CSc1cnccn1)c1ccccc1. The van der Waals surface area contributed by atoms with Crippen molar-refractivity contribution in [1.82, 2.24) is 9.97 Å². The largest absolute Gasteiger partial charge is 0.260 e. The number of thioether (sulfide) groups is 1. The summed E-state index contributed by atoms with van der Waals surface area (Å²) in [5.74, 6) is 2.27. The number of hydrogen-bond acceptors (Lipinski definition) is 4. The predicted octanol–water partition coefficient (Wildman–Crippen LogP) is 3.28. The molecule has 17 heavy (non-hydrogen) atoms. The summed E-state index contributed by atoms with van der Waals surface area (Å²) in [5.41, 5.74) is 1.33. The molecule has 1 heterocycles. The van der Waals surface area contributed by atoms with Crippen molar-refractivity contribution in [2.45, 2.75) is 10.9 Å². The van der Waals surface area contributed by atoms with E-state index in [1.54, 1.807) is 30.4 Å². The van der Waals surface area contributed by atoms with Crippen molar-refractivity contribution in [1.29, 1.82) is 0 Å². The van der Waals surface area contributed by atoms with Crippen LogP contribution >= 0.6 is 24.4 Å². The van der Waals surface area contributed by atoms with E-state index in [1.807, 2.05) is 6.07 Å². The van der Waals surface area contributed by atoms with Gasteiger partial charge in [-0.05, 0) is 11.3 Å². The van der Waals surface area contributed by atoms with Gasteiger partial charge in [-0.15, -0.1) is 11.8 Å². The molecule has 0 N–H and O–H groups in total. The van der Waals surface area contributed by atoms with Gasteiger partial charge in [0.15, 0.2) is 0 Å². The van der Waals surface area contributed by atoms with Crippen molar-refractivity contribution in [2.75, 3.05) is 11.5 Å². The van der Waals surface area contributed by atoms with Gasteiger partial charge < -0.3 is 0 Å². The first-order valence-electron chi connectivity index (χ1n) is 5.45. The molecule has 0 radical (unpaired) electrons. The standard InChI is InChI=1S/C13H14N2S2/c16-9-12(11-4-2-1-3-5-11)10-17-13-8-14-6-7-15-13/h1-8,12,16H,9-10H2. The minimum atomic E-state index is 0.450. The van der Waals surface area contributed by atoms with Crippen LogP contribution in [0.5, 0.6) is 0 Å². The first-order chi connectivity index (χ1) is 8.40. The number of hydrogen-bond donors (Lipinski definition) is 1. The normalized spacial score (nSPS) is 12.3. The first-order valence-corrected chi connectivity index (χ1v) is 7.06. The molecule has 0 spiro atoms. The Labute approximate surface area is 111 Å². The zero-order valence-corrected chi connectivity index (χ0v) is 11.1. The van der Waals surface area contributed by atoms with Crippen molar-refractivity contribution < 1.29 is 0 Å². The molecule has 0 fully saturated rings. The summed E-state index contributed by atoms with van der Waals surface area (Å²) in [6.45, 7) is 0. The fourth-order valence-electron chi connectivity index (χ4n) is 1.53. The molecule has 0 aliphatic carbocycles. The lowest BCUT2D eigenvalue weighted by Gasteiger charge is -2.13. The summed E-state index contributed by atoms with van der Waals surface area (Å²) in [6, 6.07) is 10.5. The van der Waals surface area contributed by atoms with Gasteiger partial charge in [0.1, 0.15) is 5.03 Å². The van der Waals surface area contributed by atoms with Crippen LogP contribution in [0.2, 0.25) is 0 Å². The predicted molar refractivity (Wildman–Crippen MR) is 75.8 cm³/mol. The fourth-order valence-corrected chi connectivity index (χ4v) is 2.99. The van der Waals surface area contributed by atoms with Crippen LogP contribution in [0.3, 0.4) is 0 Å². The average molecular weight is 262 g/mol. The lowest BCUT2D eigenvalue weighted by Crippen LogP contribution is -2.03. The maximum atomic E-state index is 4.42. The molecule has 0 aliphatic rings. The van der Waals surface area contributed by atoms with Crippen molar-refractivity contribution >= 4 is 24.4 Å². The van der Waals surface area contributed by atoms with Crippen molar-refractivity contribution in [3.8, 4) is 0 Å². The minimum Gasteiger partial charge on any atom is -0.260 e. The Balaban J connectivity index is 1.97. The number of nitrogens with zero attached hydrogens (tertiary/aromatic N) is 2. The number of rotatable bonds is 5. The van der Waals surface area contributed by atoms with Crippen LogP contribution in [0.15, 0.2) is 53.9 Å². The van der Waals surface area contributed by atoms with Crippen LogP contribution in [-0.2, 0) is 0 Å². The van der Waals surface area contributed by atoms with E-state index < -0.39 is 0 Å². The molecule has 0 saturated heterocycles. The highest BCUT2D eigenvalue weighted by Gasteiger charge is 2.10. The van der Waals surface area contributed by atoms with Crippen molar-refractivity contribution in [3.05, 3.63) is 54.5 Å². The van der Waals surface area contributed by atoms with Gasteiger partial charge in [-0.3, -0.25) is 4.98 Å². The second kappa shape index (κ2) is 6.67. The van der Waals surface area contributed by atoms with E-state index in [1.165, 1.54) is 5.56 Å². The molecule has 0 aliphatic heterocycles. The number of aromatic nitrogens is 2. The average Bonchev–Trinajstić information content (AvgIpc) is 2.42. The number of thiol groups is 1. The highest BCUT2D eigenvalue weighted by molar-refractivity contribution is 7.99. The smallest absolute Gasteiger partial charge is 0.114 e. The van der Waals surface area contributed by atoms with Crippen LogP contribution in [0.25, 0.3) is 0 Å². The molecule has 0 saturated carbocycles. The zero-order valence-electron chi connectivity index (χ0n) is 9.36. The highest BCUT2D eigenvalue weighted by atomic mass is 32.2. The van der Waals surface area contributed by atoms with Gasteiger partial charge in [-0.1, -0.05) is 30.3 Å². The monoisotopic (exact) mass is 262 g/mol. The molecule has 1 atom stereocenters.